The average molecular weight is 403 g/mol. The van der Waals surface area contributed by atoms with Crippen LogP contribution >= 0.6 is 11.3 Å². The summed E-state index contributed by atoms with van der Waals surface area (Å²) in [4.78, 5) is 11.8. The predicted molar refractivity (Wildman–Crippen MR) is 115 cm³/mol. The largest absolute Gasteiger partial charge is 0.508 e. The fraction of sp³-hybridized carbons (Fsp3) is 0. The van der Waals surface area contributed by atoms with Gasteiger partial charge < -0.3 is 20.7 Å². The van der Waals surface area contributed by atoms with Crippen LogP contribution in [0.5, 0.6) is 23.0 Å². The highest BCUT2D eigenvalue weighted by Gasteiger charge is 2.17. The number of aromatic hydroxyl groups is 2. The second-order valence-electron chi connectivity index (χ2n) is 6.39. The van der Waals surface area contributed by atoms with E-state index in [4.69, 9.17) is 10.5 Å². The zero-order valence-corrected chi connectivity index (χ0v) is 16.0. The molecule has 0 saturated heterocycles. The Morgan fingerprint density at radius 1 is 0.931 bits per heavy atom. The number of amides is 1. The van der Waals surface area contributed by atoms with Crippen LogP contribution in [0.4, 0.5) is 0 Å². The van der Waals surface area contributed by atoms with Crippen molar-refractivity contribution >= 4 is 33.4 Å². The summed E-state index contributed by atoms with van der Waals surface area (Å²) in [6.07, 6.45) is 2.94. The lowest BCUT2D eigenvalue weighted by Gasteiger charge is -2.09. The molecular formula is C23H17NO4S. The van der Waals surface area contributed by atoms with Crippen LogP contribution < -0.4 is 10.5 Å². The van der Waals surface area contributed by atoms with Gasteiger partial charge in [-0.1, -0.05) is 12.1 Å². The molecule has 5 nitrogen and oxygen atoms in total. The Kier molecular flexibility index (Phi) is 4.93. The number of phenolic OH excluding ortho intramolecular Hbond substituents is 2. The van der Waals surface area contributed by atoms with Crippen molar-refractivity contribution in [2.75, 3.05) is 0 Å². The van der Waals surface area contributed by atoms with E-state index < -0.39 is 5.91 Å². The van der Waals surface area contributed by atoms with Crippen molar-refractivity contribution in [2.45, 2.75) is 0 Å². The van der Waals surface area contributed by atoms with Crippen molar-refractivity contribution in [3.8, 4) is 33.4 Å². The monoisotopic (exact) mass is 403 g/mol. The molecule has 0 atom stereocenters. The first-order chi connectivity index (χ1) is 14.0. The second kappa shape index (κ2) is 7.69. The Morgan fingerprint density at radius 3 is 2.31 bits per heavy atom. The third kappa shape index (κ3) is 4.07. The van der Waals surface area contributed by atoms with E-state index in [2.05, 4.69) is 0 Å². The molecule has 0 unspecified atom stereocenters. The van der Waals surface area contributed by atoms with Gasteiger partial charge in [-0.05, 0) is 71.8 Å². The van der Waals surface area contributed by atoms with Gasteiger partial charge in [0.15, 0.2) is 5.75 Å². The molecule has 0 aliphatic heterocycles. The smallest absolute Gasteiger partial charge is 0.241 e. The van der Waals surface area contributed by atoms with Gasteiger partial charge in [0, 0.05) is 16.2 Å². The lowest BCUT2D eigenvalue weighted by molar-refractivity contribution is -0.113. The van der Waals surface area contributed by atoms with Gasteiger partial charge in [0.05, 0.1) is 4.88 Å². The number of primary amides is 1. The predicted octanol–water partition coefficient (Wildman–Crippen LogP) is 5.27. The molecule has 0 radical (unpaired) electrons. The van der Waals surface area contributed by atoms with E-state index in [0.717, 1.165) is 26.1 Å². The summed E-state index contributed by atoms with van der Waals surface area (Å²) in [5.41, 5.74) is 6.85. The zero-order valence-electron chi connectivity index (χ0n) is 15.2. The molecule has 144 valence electrons. The van der Waals surface area contributed by atoms with E-state index in [-0.39, 0.29) is 11.5 Å². The van der Waals surface area contributed by atoms with Crippen molar-refractivity contribution in [3.63, 3.8) is 0 Å². The van der Waals surface area contributed by atoms with Crippen molar-refractivity contribution in [3.05, 3.63) is 78.4 Å². The summed E-state index contributed by atoms with van der Waals surface area (Å²) >= 11 is 1.50. The Labute approximate surface area is 170 Å². The number of ether oxygens (including phenoxy) is 1. The van der Waals surface area contributed by atoms with Gasteiger partial charge in [-0.25, -0.2) is 0 Å². The van der Waals surface area contributed by atoms with Crippen LogP contribution in [0.1, 0.15) is 5.56 Å². The Morgan fingerprint density at radius 2 is 1.62 bits per heavy atom. The van der Waals surface area contributed by atoms with E-state index in [1.807, 2.05) is 42.5 Å². The lowest BCUT2D eigenvalue weighted by Crippen LogP contribution is -2.04. The van der Waals surface area contributed by atoms with E-state index in [9.17, 15) is 15.0 Å². The molecule has 0 aliphatic rings. The van der Waals surface area contributed by atoms with Gasteiger partial charge >= 0.3 is 0 Å². The number of hydrogen-bond donors (Lipinski definition) is 3. The number of carbonyl (C=O) groups is 1. The fourth-order valence-electron chi connectivity index (χ4n) is 2.91. The fourth-order valence-corrected chi connectivity index (χ4v) is 4.08. The number of hydrogen-bond acceptors (Lipinski definition) is 5. The first-order valence-electron chi connectivity index (χ1n) is 8.80. The van der Waals surface area contributed by atoms with Crippen LogP contribution in [-0.4, -0.2) is 16.1 Å². The maximum atomic E-state index is 10.9. The molecule has 1 amide bonds. The van der Waals surface area contributed by atoms with Crippen LogP contribution in [0.15, 0.2) is 72.8 Å². The van der Waals surface area contributed by atoms with Gasteiger partial charge in [0.1, 0.15) is 17.2 Å². The van der Waals surface area contributed by atoms with E-state index in [1.165, 1.54) is 17.4 Å². The van der Waals surface area contributed by atoms with Crippen LogP contribution in [0, 0.1) is 0 Å². The van der Waals surface area contributed by atoms with Crippen molar-refractivity contribution in [2.24, 2.45) is 5.73 Å². The summed E-state index contributed by atoms with van der Waals surface area (Å²) in [5.74, 6) is 1.18. The Hall–Kier alpha value is -3.77. The molecule has 4 rings (SSSR count). The first kappa shape index (κ1) is 18.6. The van der Waals surface area contributed by atoms with E-state index in [0.29, 0.717) is 11.5 Å². The highest BCUT2D eigenvalue weighted by atomic mass is 32.1. The summed E-state index contributed by atoms with van der Waals surface area (Å²) in [7, 11) is 0. The Balaban J connectivity index is 1.75. The SMILES string of the molecule is NC(=O)C=Cc1ccc(Oc2c(-c3ccc(O)cc3)sc3cc(O)ccc23)cc1. The quantitative estimate of drug-likeness (QED) is 0.396. The topological polar surface area (TPSA) is 92.8 Å². The molecule has 29 heavy (non-hydrogen) atoms. The van der Waals surface area contributed by atoms with Crippen molar-refractivity contribution in [1.29, 1.82) is 0 Å². The number of benzene rings is 3. The van der Waals surface area contributed by atoms with Gasteiger partial charge in [0.25, 0.3) is 0 Å². The van der Waals surface area contributed by atoms with E-state index >= 15 is 0 Å². The minimum atomic E-state index is -0.503. The molecule has 0 bridgehead atoms. The number of fused-ring (bicyclic) bond motifs is 1. The summed E-state index contributed by atoms with van der Waals surface area (Å²) in [5, 5.41) is 20.3. The molecule has 4 aromatic rings. The summed E-state index contributed by atoms with van der Waals surface area (Å²) in [6.45, 7) is 0. The van der Waals surface area contributed by atoms with Crippen molar-refractivity contribution < 1.29 is 19.7 Å². The van der Waals surface area contributed by atoms with Crippen LogP contribution in [0.25, 0.3) is 26.6 Å². The number of thiophene rings is 1. The zero-order chi connectivity index (χ0) is 20.4. The number of rotatable bonds is 5. The van der Waals surface area contributed by atoms with Crippen molar-refractivity contribution in [1.82, 2.24) is 0 Å². The summed E-state index contributed by atoms with van der Waals surface area (Å²) in [6, 6.07) is 19.3. The molecule has 0 aliphatic carbocycles. The lowest BCUT2D eigenvalue weighted by atomic mass is 10.1. The molecule has 4 N–H and O–H groups in total. The molecule has 0 saturated carbocycles. The van der Waals surface area contributed by atoms with E-state index in [1.54, 1.807) is 30.3 Å². The van der Waals surface area contributed by atoms with Crippen LogP contribution in [0.2, 0.25) is 0 Å². The van der Waals surface area contributed by atoms with Crippen LogP contribution in [-0.2, 0) is 4.79 Å². The highest BCUT2D eigenvalue weighted by Crippen LogP contribution is 2.47. The first-order valence-corrected chi connectivity index (χ1v) is 9.61. The maximum absolute atomic E-state index is 10.9. The second-order valence-corrected chi connectivity index (χ2v) is 7.45. The standard InChI is InChI=1S/C23H17NO4S/c24-21(27)12-3-14-1-9-18(10-2-14)28-22-19-11-8-17(26)13-20(19)29-23(22)15-4-6-16(25)7-5-15/h1-13,25-26H,(H2,24,27). The summed E-state index contributed by atoms with van der Waals surface area (Å²) < 4.78 is 7.11. The maximum Gasteiger partial charge on any atom is 0.241 e. The minimum absolute atomic E-state index is 0.188. The number of phenols is 2. The number of carbonyl (C=O) groups excluding carboxylic acids is 1. The highest BCUT2D eigenvalue weighted by molar-refractivity contribution is 7.22. The average Bonchev–Trinajstić information content (AvgIpc) is 3.05. The molecule has 6 heteroatoms. The molecule has 3 aromatic carbocycles. The molecule has 0 spiro atoms. The third-order valence-electron chi connectivity index (χ3n) is 4.30. The van der Waals surface area contributed by atoms with Gasteiger partial charge in [0.2, 0.25) is 5.91 Å². The normalized spacial score (nSPS) is 11.2. The molecule has 1 aromatic heterocycles. The Bertz CT molecular complexity index is 1210. The van der Waals surface area contributed by atoms with Gasteiger partial charge in [-0.3, -0.25) is 4.79 Å². The third-order valence-corrected chi connectivity index (χ3v) is 5.48. The van der Waals surface area contributed by atoms with Crippen LogP contribution in [0.3, 0.4) is 0 Å². The van der Waals surface area contributed by atoms with Gasteiger partial charge in [-0.2, -0.15) is 0 Å². The molecule has 1 heterocycles. The minimum Gasteiger partial charge on any atom is -0.508 e. The molecular weight excluding hydrogens is 386 g/mol. The number of nitrogens with two attached hydrogens (primary N) is 1. The molecule has 0 fully saturated rings. The van der Waals surface area contributed by atoms with Gasteiger partial charge in [-0.15, -0.1) is 11.3 Å².